The zero-order valence-corrected chi connectivity index (χ0v) is 13.0. The number of nitrogens with zero attached hydrogens (tertiary/aromatic N) is 2. The van der Waals surface area contributed by atoms with E-state index in [0.717, 1.165) is 17.5 Å². The van der Waals surface area contributed by atoms with Crippen LogP contribution in [0.4, 0.5) is 0 Å². The maximum absolute atomic E-state index is 10.1. The number of rotatable bonds is 1. The van der Waals surface area contributed by atoms with Crippen LogP contribution in [-0.4, -0.2) is 0 Å². The van der Waals surface area contributed by atoms with Gasteiger partial charge in [0.15, 0.2) is 0 Å². The first-order valence-corrected chi connectivity index (χ1v) is 7.89. The lowest BCUT2D eigenvalue weighted by atomic mass is 9.67. The van der Waals surface area contributed by atoms with E-state index < -0.39 is 5.41 Å². The Balaban J connectivity index is 2.01. The molecule has 0 bridgehead atoms. The molecule has 2 aromatic rings. The average molecular weight is 296 g/mol. The molecule has 0 heterocycles. The molecule has 0 fully saturated rings. The standard InChI is InChI=1S/C21H16N2/c1-14-7-8-17-16(12-22)9-10-21(13-23)19(11-18(14)20(17)21)15-5-3-2-4-6-15/h2-10,16,19H,11H2,1H3/t16-,19-,21-/m0/s1. The van der Waals surface area contributed by atoms with Gasteiger partial charge in [0, 0.05) is 5.92 Å². The van der Waals surface area contributed by atoms with Gasteiger partial charge in [-0.1, -0.05) is 54.6 Å². The van der Waals surface area contributed by atoms with Crippen molar-refractivity contribution in [3.05, 3.63) is 82.4 Å². The molecule has 23 heavy (non-hydrogen) atoms. The fourth-order valence-corrected chi connectivity index (χ4v) is 4.22. The van der Waals surface area contributed by atoms with Gasteiger partial charge in [0.1, 0.15) is 5.41 Å². The molecule has 0 aromatic heterocycles. The highest BCUT2D eigenvalue weighted by Crippen LogP contribution is 2.55. The average Bonchev–Trinajstić information content (AvgIpc) is 2.96. The summed E-state index contributed by atoms with van der Waals surface area (Å²) in [4.78, 5) is 0. The lowest BCUT2D eigenvalue weighted by Crippen LogP contribution is -2.30. The Labute approximate surface area is 136 Å². The fourth-order valence-electron chi connectivity index (χ4n) is 4.22. The third-order valence-electron chi connectivity index (χ3n) is 5.36. The minimum Gasteiger partial charge on any atom is -0.197 e. The van der Waals surface area contributed by atoms with E-state index in [-0.39, 0.29) is 11.8 Å². The number of aryl methyl sites for hydroxylation is 1. The molecule has 0 radical (unpaired) electrons. The summed E-state index contributed by atoms with van der Waals surface area (Å²) in [6.07, 6.45) is 4.75. The van der Waals surface area contributed by atoms with Gasteiger partial charge in [-0.3, -0.25) is 0 Å². The fraction of sp³-hybridized carbons (Fsp3) is 0.238. The summed E-state index contributed by atoms with van der Waals surface area (Å²) in [5.41, 5.74) is 5.11. The molecule has 0 amide bonds. The summed E-state index contributed by atoms with van der Waals surface area (Å²) in [5, 5.41) is 19.6. The van der Waals surface area contributed by atoms with E-state index in [1.165, 1.54) is 16.7 Å². The predicted molar refractivity (Wildman–Crippen MR) is 88.9 cm³/mol. The van der Waals surface area contributed by atoms with Gasteiger partial charge >= 0.3 is 0 Å². The lowest BCUT2D eigenvalue weighted by molar-refractivity contribution is 0.556. The number of hydrogen-bond donors (Lipinski definition) is 0. The monoisotopic (exact) mass is 296 g/mol. The van der Waals surface area contributed by atoms with Crippen molar-refractivity contribution in [2.75, 3.05) is 0 Å². The summed E-state index contributed by atoms with van der Waals surface area (Å²) >= 11 is 0. The largest absolute Gasteiger partial charge is 0.197 e. The van der Waals surface area contributed by atoms with Crippen molar-refractivity contribution in [1.82, 2.24) is 0 Å². The summed E-state index contributed by atoms with van der Waals surface area (Å²) in [6.45, 7) is 2.10. The third kappa shape index (κ3) is 1.73. The van der Waals surface area contributed by atoms with E-state index in [1.807, 2.05) is 36.4 Å². The number of nitriles is 2. The van der Waals surface area contributed by atoms with Crippen LogP contribution < -0.4 is 0 Å². The minimum absolute atomic E-state index is 0.111. The van der Waals surface area contributed by atoms with E-state index in [4.69, 9.17) is 0 Å². The van der Waals surface area contributed by atoms with Crippen LogP contribution in [0.2, 0.25) is 0 Å². The Morgan fingerprint density at radius 2 is 1.87 bits per heavy atom. The Morgan fingerprint density at radius 3 is 2.57 bits per heavy atom. The van der Waals surface area contributed by atoms with Gasteiger partial charge in [-0.05, 0) is 41.2 Å². The van der Waals surface area contributed by atoms with Crippen LogP contribution >= 0.6 is 0 Å². The lowest BCUT2D eigenvalue weighted by Gasteiger charge is -2.32. The van der Waals surface area contributed by atoms with E-state index in [0.29, 0.717) is 0 Å². The Morgan fingerprint density at radius 1 is 1.09 bits per heavy atom. The second-order valence-electron chi connectivity index (χ2n) is 6.44. The summed E-state index contributed by atoms with van der Waals surface area (Å²) in [7, 11) is 0. The molecule has 0 saturated carbocycles. The molecule has 0 spiro atoms. The summed E-state index contributed by atoms with van der Waals surface area (Å²) in [6, 6.07) is 19.4. The van der Waals surface area contributed by atoms with Crippen LogP contribution in [0.15, 0.2) is 54.6 Å². The topological polar surface area (TPSA) is 47.6 Å². The second-order valence-corrected chi connectivity index (χ2v) is 6.44. The molecule has 2 aliphatic rings. The third-order valence-corrected chi connectivity index (χ3v) is 5.36. The quantitative estimate of drug-likeness (QED) is 0.738. The van der Waals surface area contributed by atoms with Gasteiger partial charge in [-0.15, -0.1) is 0 Å². The van der Waals surface area contributed by atoms with Crippen LogP contribution in [0.25, 0.3) is 0 Å². The molecule has 3 atom stereocenters. The second kappa shape index (κ2) is 4.83. The van der Waals surface area contributed by atoms with Gasteiger partial charge in [-0.25, -0.2) is 0 Å². The van der Waals surface area contributed by atoms with E-state index in [9.17, 15) is 10.5 Å². The molecule has 2 nitrogen and oxygen atoms in total. The molecule has 2 aromatic carbocycles. The highest BCUT2D eigenvalue weighted by atomic mass is 14.5. The molecule has 0 aliphatic heterocycles. The van der Waals surface area contributed by atoms with E-state index in [2.05, 4.69) is 37.3 Å². The molecule has 2 heteroatoms. The summed E-state index contributed by atoms with van der Waals surface area (Å²) in [5.74, 6) is -0.139. The van der Waals surface area contributed by atoms with Crippen molar-refractivity contribution >= 4 is 0 Å². The number of allylic oxidation sites excluding steroid dienone is 2. The van der Waals surface area contributed by atoms with E-state index in [1.54, 1.807) is 0 Å². The number of benzene rings is 2. The SMILES string of the molecule is Cc1ccc2c3c1C[C@@H](c1ccccc1)[C@@]3(C#N)C=C[C@H]2C#N. The first-order chi connectivity index (χ1) is 11.2. The highest BCUT2D eigenvalue weighted by molar-refractivity contribution is 5.64. The highest BCUT2D eigenvalue weighted by Gasteiger charge is 2.50. The van der Waals surface area contributed by atoms with Crippen LogP contribution in [0.1, 0.15) is 39.7 Å². The zero-order valence-electron chi connectivity index (χ0n) is 13.0. The molecular formula is C21H16N2. The van der Waals surface area contributed by atoms with Crippen molar-refractivity contribution in [3.63, 3.8) is 0 Å². The molecule has 110 valence electrons. The zero-order chi connectivity index (χ0) is 16.0. The van der Waals surface area contributed by atoms with Crippen LogP contribution in [0, 0.1) is 29.6 Å². The normalized spacial score (nSPS) is 27.1. The Hall–Kier alpha value is -2.84. The first kappa shape index (κ1) is 13.8. The van der Waals surface area contributed by atoms with Crippen molar-refractivity contribution in [2.45, 2.75) is 30.6 Å². The smallest absolute Gasteiger partial charge is 0.108 e. The van der Waals surface area contributed by atoms with Gasteiger partial charge in [0.25, 0.3) is 0 Å². The van der Waals surface area contributed by atoms with Crippen LogP contribution in [0.5, 0.6) is 0 Å². The molecular weight excluding hydrogens is 280 g/mol. The summed E-state index contributed by atoms with van der Waals surface area (Å²) < 4.78 is 0. The maximum Gasteiger partial charge on any atom is 0.108 e. The van der Waals surface area contributed by atoms with Crippen molar-refractivity contribution in [1.29, 1.82) is 10.5 Å². The van der Waals surface area contributed by atoms with Crippen molar-refractivity contribution < 1.29 is 0 Å². The van der Waals surface area contributed by atoms with Gasteiger partial charge in [0.2, 0.25) is 0 Å². The molecule has 0 N–H and O–H groups in total. The molecule has 0 saturated heterocycles. The van der Waals surface area contributed by atoms with E-state index >= 15 is 0 Å². The van der Waals surface area contributed by atoms with Gasteiger partial charge in [0.05, 0.1) is 18.1 Å². The Kier molecular flexibility index (Phi) is 2.90. The number of hydrogen-bond acceptors (Lipinski definition) is 2. The Bertz CT molecular complexity index is 896. The maximum atomic E-state index is 10.1. The van der Waals surface area contributed by atoms with Crippen molar-refractivity contribution in [2.24, 2.45) is 0 Å². The van der Waals surface area contributed by atoms with Gasteiger partial charge < -0.3 is 0 Å². The van der Waals surface area contributed by atoms with Crippen LogP contribution in [0.3, 0.4) is 0 Å². The molecule has 4 rings (SSSR count). The molecule has 0 unspecified atom stereocenters. The minimum atomic E-state index is -0.647. The predicted octanol–water partition coefficient (Wildman–Crippen LogP) is 4.27. The first-order valence-electron chi connectivity index (χ1n) is 7.89. The molecule has 2 aliphatic carbocycles. The van der Waals surface area contributed by atoms with Crippen LogP contribution in [-0.2, 0) is 11.8 Å². The van der Waals surface area contributed by atoms with Gasteiger partial charge in [-0.2, -0.15) is 10.5 Å². The van der Waals surface area contributed by atoms with Crippen molar-refractivity contribution in [3.8, 4) is 12.1 Å².